The summed E-state index contributed by atoms with van der Waals surface area (Å²) in [6, 6.07) is 53.3. The second kappa shape index (κ2) is 10.7. The molecule has 0 saturated heterocycles. The lowest BCUT2D eigenvalue weighted by atomic mass is 10.1. The van der Waals surface area contributed by atoms with E-state index < -0.39 is 0 Å². The molecular weight excluding hydrogens is 584 g/mol. The number of benzene rings is 7. The first-order chi connectivity index (χ1) is 23.1. The highest BCUT2D eigenvalue weighted by atomic mass is 19.1. The molecule has 9 rings (SSSR count). The lowest BCUT2D eigenvalue weighted by Gasteiger charge is -2.26. The van der Waals surface area contributed by atoms with Crippen molar-refractivity contribution in [3.8, 4) is 11.4 Å². The van der Waals surface area contributed by atoms with Crippen molar-refractivity contribution in [1.82, 2.24) is 9.13 Å². The molecular formula is C42H27F2N3. The Hall–Kier alpha value is -6.20. The third-order valence-corrected chi connectivity index (χ3v) is 9.01. The summed E-state index contributed by atoms with van der Waals surface area (Å²) in [5.41, 5.74) is 8.96. The normalized spacial score (nSPS) is 11.6. The van der Waals surface area contributed by atoms with Crippen LogP contribution in [0, 0.1) is 11.6 Å². The summed E-state index contributed by atoms with van der Waals surface area (Å²) < 4.78 is 32.6. The van der Waals surface area contributed by atoms with Crippen molar-refractivity contribution < 1.29 is 8.78 Å². The Labute approximate surface area is 269 Å². The highest BCUT2D eigenvalue weighted by Crippen LogP contribution is 2.42. The molecule has 0 saturated carbocycles. The average Bonchev–Trinajstić information content (AvgIpc) is 3.62. The zero-order chi connectivity index (χ0) is 31.5. The van der Waals surface area contributed by atoms with Crippen LogP contribution < -0.4 is 4.90 Å². The highest BCUT2D eigenvalue weighted by molar-refractivity contribution is 6.12. The molecule has 9 aromatic rings. The Kier molecular flexibility index (Phi) is 6.18. The number of rotatable bonds is 5. The van der Waals surface area contributed by atoms with Crippen LogP contribution in [0.5, 0.6) is 0 Å². The summed E-state index contributed by atoms with van der Waals surface area (Å²) >= 11 is 0. The summed E-state index contributed by atoms with van der Waals surface area (Å²) in [7, 11) is 0. The minimum atomic E-state index is -0.286. The standard InChI is InChI=1S/C42H27F2N3/c43-28-14-18-31(19-15-28)45(34-22-24-37-35-10-4-6-12-39(35)47(42(37)27-34)30-8-2-1-3-9-30)33-23-25-41-38(26-33)36-11-5-7-13-40(36)46(41)32-20-16-29(44)17-21-32/h1-27H. The molecule has 0 amide bonds. The molecule has 47 heavy (non-hydrogen) atoms. The summed E-state index contributed by atoms with van der Waals surface area (Å²) in [6.07, 6.45) is 0. The van der Waals surface area contributed by atoms with Crippen molar-refractivity contribution in [3.05, 3.63) is 175 Å². The van der Waals surface area contributed by atoms with E-state index in [0.29, 0.717) is 0 Å². The van der Waals surface area contributed by atoms with Crippen LogP contribution >= 0.6 is 0 Å². The van der Waals surface area contributed by atoms with E-state index in [-0.39, 0.29) is 11.6 Å². The van der Waals surface area contributed by atoms with Gasteiger partial charge in [-0.2, -0.15) is 0 Å². The molecule has 0 aliphatic carbocycles. The van der Waals surface area contributed by atoms with Gasteiger partial charge in [-0.15, -0.1) is 0 Å². The van der Waals surface area contributed by atoms with Crippen molar-refractivity contribution in [2.45, 2.75) is 0 Å². The number of para-hydroxylation sites is 3. The first kappa shape index (κ1) is 27.1. The lowest BCUT2D eigenvalue weighted by molar-refractivity contribution is 0.627. The second-order valence-corrected chi connectivity index (χ2v) is 11.7. The van der Waals surface area contributed by atoms with Crippen molar-refractivity contribution in [2.75, 3.05) is 4.90 Å². The minimum Gasteiger partial charge on any atom is -0.310 e. The first-order valence-electron chi connectivity index (χ1n) is 15.6. The number of anilines is 3. The topological polar surface area (TPSA) is 13.1 Å². The van der Waals surface area contributed by atoms with Gasteiger partial charge in [-0.05, 0) is 103 Å². The molecule has 0 atom stereocenters. The molecule has 7 aromatic carbocycles. The fourth-order valence-corrected chi connectivity index (χ4v) is 6.96. The van der Waals surface area contributed by atoms with Gasteiger partial charge >= 0.3 is 0 Å². The van der Waals surface area contributed by atoms with E-state index >= 15 is 0 Å². The number of fused-ring (bicyclic) bond motifs is 6. The number of hydrogen-bond donors (Lipinski definition) is 0. The maximum Gasteiger partial charge on any atom is 0.123 e. The molecule has 0 aliphatic rings. The van der Waals surface area contributed by atoms with Crippen LogP contribution in [0.2, 0.25) is 0 Å². The van der Waals surface area contributed by atoms with Crippen molar-refractivity contribution >= 4 is 60.7 Å². The zero-order valence-corrected chi connectivity index (χ0v) is 25.2. The fourth-order valence-electron chi connectivity index (χ4n) is 6.96. The van der Waals surface area contributed by atoms with Crippen LogP contribution in [0.25, 0.3) is 55.0 Å². The number of hydrogen-bond acceptors (Lipinski definition) is 1. The first-order valence-corrected chi connectivity index (χ1v) is 15.6. The molecule has 0 unspecified atom stereocenters. The van der Waals surface area contributed by atoms with Gasteiger partial charge in [-0.3, -0.25) is 0 Å². The van der Waals surface area contributed by atoms with E-state index in [4.69, 9.17) is 0 Å². The van der Waals surface area contributed by atoms with Crippen LogP contribution in [-0.4, -0.2) is 9.13 Å². The fraction of sp³-hybridized carbons (Fsp3) is 0. The molecule has 0 spiro atoms. The maximum atomic E-state index is 14.2. The van der Waals surface area contributed by atoms with Gasteiger partial charge in [0.1, 0.15) is 11.6 Å². The van der Waals surface area contributed by atoms with E-state index in [1.807, 2.05) is 30.3 Å². The molecule has 0 N–H and O–H groups in total. The Bertz CT molecular complexity index is 2580. The Morgan fingerprint density at radius 2 is 0.809 bits per heavy atom. The third kappa shape index (κ3) is 4.39. The summed E-state index contributed by atoms with van der Waals surface area (Å²) in [4.78, 5) is 2.18. The average molecular weight is 612 g/mol. The van der Waals surface area contributed by atoms with Gasteiger partial charge in [-0.25, -0.2) is 8.78 Å². The summed E-state index contributed by atoms with van der Waals surface area (Å²) in [6.45, 7) is 0. The highest BCUT2D eigenvalue weighted by Gasteiger charge is 2.20. The maximum absolute atomic E-state index is 14.2. The molecule has 0 bridgehead atoms. The van der Waals surface area contributed by atoms with Crippen LogP contribution in [0.15, 0.2) is 164 Å². The Morgan fingerprint density at radius 3 is 1.51 bits per heavy atom. The number of aromatic nitrogens is 2. The third-order valence-electron chi connectivity index (χ3n) is 9.01. The molecule has 0 aliphatic heterocycles. The number of nitrogens with zero attached hydrogens (tertiary/aromatic N) is 3. The molecule has 5 heteroatoms. The quantitative estimate of drug-likeness (QED) is 0.189. The minimum absolute atomic E-state index is 0.269. The number of halogens is 2. The largest absolute Gasteiger partial charge is 0.310 e. The van der Waals surface area contributed by atoms with E-state index in [2.05, 4.69) is 111 Å². The van der Waals surface area contributed by atoms with Crippen LogP contribution in [-0.2, 0) is 0 Å². The van der Waals surface area contributed by atoms with Gasteiger partial charge in [0.15, 0.2) is 0 Å². The van der Waals surface area contributed by atoms with Gasteiger partial charge in [0.2, 0.25) is 0 Å². The summed E-state index contributed by atoms with van der Waals surface area (Å²) in [5, 5.41) is 4.49. The second-order valence-electron chi connectivity index (χ2n) is 11.7. The molecule has 0 radical (unpaired) electrons. The van der Waals surface area contributed by atoms with Gasteiger partial charge in [-0.1, -0.05) is 60.7 Å². The molecule has 224 valence electrons. The predicted molar refractivity (Wildman–Crippen MR) is 190 cm³/mol. The SMILES string of the molecule is Fc1ccc(N(c2ccc3c(c2)c2ccccc2n3-c2ccc(F)cc2)c2ccc3c4ccccc4n(-c4ccccc4)c3c2)cc1. The molecule has 2 aromatic heterocycles. The van der Waals surface area contributed by atoms with Crippen molar-refractivity contribution in [1.29, 1.82) is 0 Å². The van der Waals surface area contributed by atoms with Gasteiger partial charge in [0.25, 0.3) is 0 Å². The van der Waals surface area contributed by atoms with Crippen LogP contribution in [0.4, 0.5) is 25.8 Å². The van der Waals surface area contributed by atoms with Crippen molar-refractivity contribution in [3.63, 3.8) is 0 Å². The Morgan fingerprint density at radius 1 is 0.340 bits per heavy atom. The molecule has 2 heterocycles. The van der Waals surface area contributed by atoms with Gasteiger partial charge in [0, 0.05) is 50.0 Å². The predicted octanol–water partition coefficient (Wildman–Crippen LogP) is 11.6. The van der Waals surface area contributed by atoms with Crippen LogP contribution in [0.1, 0.15) is 0 Å². The lowest BCUT2D eigenvalue weighted by Crippen LogP contribution is -2.10. The summed E-state index contributed by atoms with van der Waals surface area (Å²) in [5.74, 6) is -0.554. The molecule has 3 nitrogen and oxygen atoms in total. The van der Waals surface area contributed by atoms with Crippen LogP contribution in [0.3, 0.4) is 0 Å². The Balaban J connectivity index is 1.30. The van der Waals surface area contributed by atoms with Gasteiger partial charge in [0.05, 0.1) is 22.1 Å². The van der Waals surface area contributed by atoms with E-state index in [1.54, 1.807) is 12.1 Å². The van der Waals surface area contributed by atoms with Gasteiger partial charge < -0.3 is 14.0 Å². The van der Waals surface area contributed by atoms with Crippen molar-refractivity contribution in [2.24, 2.45) is 0 Å². The monoisotopic (exact) mass is 611 g/mol. The molecule has 0 fully saturated rings. The zero-order valence-electron chi connectivity index (χ0n) is 25.2. The van der Waals surface area contributed by atoms with E-state index in [9.17, 15) is 8.78 Å². The smallest absolute Gasteiger partial charge is 0.123 e. The van der Waals surface area contributed by atoms with E-state index in [1.165, 1.54) is 29.7 Å². The van der Waals surface area contributed by atoms with E-state index in [0.717, 1.165) is 66.7 Å².